The molecule has 0 spiro atoms. The molecule has 172 valence electrons. The predicted molar refractivity (Wildman–Crippen MR) is 113 cm³/mol. The second kappa shape index (κ2) is 8.02. The van der Waals surface area contributed by atoms with Crippen molar-refractivity contribution in [2.45, 2.75) is 96.9 Å². The van der Waals surface area contributed by atoms with Crippen LogP contribution >= 0.6 is 0 Å². The summed E-state index contributed by atoms with van der Waals surface area (Å²) >= 11 is 0. The van der Waals surface area contributed by atoms with E-state index in [1.54, 1.807) is 0 Å². The first-order chi connectivity index (χ1) is 14.1. The van der Waals surface area contributed by atoms with Crippen LogP contribution in [-0.4, -0.2) is 39.6 Å². The Hall–Kier alpha value is -0.690. The molecule has 0 aromatic heterocycles. The number of aliphatic hydroxyl groups is 2. The fraction of sp³-hybridized carbons (Fsp3) is 0.958. The van der Waals surface area contributed by atoms with Crippen LogP contribution in [0.25, 0.3) is 0 Å². The van der Waals surface area contributed by atoms with Crippen LogP contribution in [0.1, 0.15) is 78.6 Å². The first-order valence-corrected chi connectivity index (χ1v) is 12.1. The predicted octanol–water partition coefficient (Wildman–Crippen LogP) is 3.35. The standard InChI is InChI=1S/C24H41NO5/c1-13(4-7-21(28)29)16-5-6-17-22-18(12-20(30-25)24(16,17)3)23(2)9-8-15(26)10-14(23)11-19(22)27/h13-20,22,26-27H,4-12,25H2,1-3H3,(H,28,29)/t13-,14+,15-,16-,17+,18+,19-,20+,22+,23+,24-/m1/s1. The average molecular weight is 424 g/mol. The van der Waals surface area contributed by atoms with E-state index < -0.39 is 5.97 Å². The number of aliphatic hydroxyl groups excluding tert-OH is 2. The van der Waals surface area contributed by atoms with Crippen molar-refractivity contribution in [2.75, 3.05) is 0 Å². The number of fused-ring (bicyclic) bond motifs is 5. The zero-order valence-electron chi connectivity index (χ0n) is 18.8. The third-order valence-electron chi connectivity index (χ3n) is 10.5. The summed E-state index contributed by atoms with van der Waals surface area (Å²) in [5.41, 5.74) is -0.0135. The van der Waals surface area contributed by atoms with E-state index in [4.69, 9.17) is 15.8 Å². The Kier molecular flexibility index (Phi) is 6.02. The maximum atomic E-state index is 11.3. The van der Waals surface area contributed by atoms with Crippen molar-refractivity contribution in [3.05, 3.63) is 0 Å². The second-order valence-electron chi connectivity index (χ2n) is 11.5. The number of carboxylic acids is 1. The largest absolute Gasteiger partial charge is 0.481 e. The minimum absolute atomic E-state index is 0.0712. The molecular formula is C24H41NO5. The number of hydrogen-bond donors (Lipinski definition) is 4. The highest BCUT2D eigenvalue weighted by molar-refractivity contribution is 5.66. The third-order valence-corrected chi connectivity index (χ3v) is 10.5. The lowest BCUT2D eigenvalue weighted by atomic mass is 9.43. The van der Waals surface area contributed by atoms with E-state index in [9.17, 15) is 15.0 Å². The van der Waals surface area contributed by atoms with E-state index in [2.05, 4.69) is 20.8 Å². The van der Waals surface area contributed by atoms with Crippen molar-refractivity contribution in [3.8, 4) is 0 Å². The molecule has 0 aromatic rings. The van der Waals surface area contributed by atoms with Crippen molar-refractivity contribution in [1.82, 2.24) is 0 Å². The smallest absolute Gasteiger partial charge is 0.303 e. The Morgan fingerprint density at radius 2 is 1.87 bits per heavy atom. The Balaban J connectivity index is 1.64. The molecule has 6 nitrogen and oxygen atoms in total. The summed E-state index contributed by atoms with van der Waals surface area (Å²) < 4.78 is 0. The van der Waals surface area contributed by atoms with Gasteiger partial charge in [0.15, 0.2) is 0 Å². The van der Waals surface area contributed by atoms with Crippen LogP contribution in [0, 0.1) is 46.3 Å². The third kappa shape index (κ3) is 3.33. The summed E-state index contributed by atoms with van der Waals surface area (Å²) in [6, 6.07) is 0. The molecule has 0 aromatic carbocycles. The van der Waals surface area contributed by atoms with Gasteiger partial charge in [-0.05, 0) is 92.3 Å². The van der Waals surface area contributed by atoms with Crippen molar-refractivity contribution in [3.63, 3.8) is 0 Å². The first kappa shape index (κ1) is 22.5. The lowest BCUT2D eigenvalue weighted by Crippen LogP contribution is -2.63. The van der Waals surface area contributed by atoms with Gasteiger partial charge in [0.2, 0.25) is 0 Å². The minimum Gasteiger partial charge on any atom is -0.481 e. The van der Waals surface area contributed by atoms with Crippen LogP contribution in [0.2, 0.25) is 0 Å². The molecule has 0 saturated heterocycles. The van der Waals surface area contributed by atoms with Gasteiger partial charge in [-0.1, -0.05) is 20.8 Å². The van der Waals surface area contributed by atoms with Gasteiger partial charge in [-0.3, -0.25) is 4.79 Å². The van der Waals surface area contributed by atoms with Gasteiger partial charge in [0, 0.05) is 11.8 Å². The molecule has 30 heavy (non-hydrogen) atoms. The van der Waals surface area contributed by atoms with Crippen LogP contribution < -0.4 is 5.90 Å². The lowest BCUT2D eigenvalue weighted by Gasteiger charge is -2.63. The average Bonchev–Trinajstić information content (AvgIpc) is 3.04. The van der Waals surface area contributed by atoms with Gasteiger partial charge in [0.05, 0.1) is 18.3 Å². The van der Waals surface area contributed by atoms with Gasteiger partial charge in [-0.25, -0.2) is 5.90 Å². The lowest BCUT2D eigenvalue weighted by molar-refractivity contribution is -0.218. The summed E-state index contributed by atoms with van der Waals surface area (Å²) in [6.07, 6.45) is 6.62. The van der Waals surface area contributed by atoms with E-state index >= 15 is 0 Å². The molecule has 11 atom stereocenters. The molecule has 0 heterocycles. The molecule has 6 heteroatoms. The fourth-order valence-electron chi connectivity index (χ4n) is 8.86. The number of aliphatic carboxylic acids is 1. The van der Waals surface area contributed by atoms with E-state index in [1.165, 1.54) is 0 Å². The van der Waals surface area contributed by atoms with Crippen LogP contribution in [0.3, 0.4) is 0 Å². The normalized spacial score (nSPS) is 51.5. The molecule has 5 N–H and O–H groups in total. The molecule has 0 aliphatic heterocycles. The highest BCUT2D eigenvalue weighted by atomic mass is 16.6. The number of hydrogen-bond acceptors (Lipinski definition) is 5. The van der Waals surface area contributed by atoms with Gasteiger partial charge >= 0.3 is 5.97 Å². The van der Waals surface area contributed by atoms with Gasteiger partial charge in [0.1, 0.15) is 0 Å². The van der Waals surface area contributed by atoms with Crippen LogP contribution in [0.15, 0.2) is 0 Å². The minimum atomic E-state index is -0.738. The molecule has 4 rings (SSSR count). The summed E-state index contributed by atoms with van der Waals surface area (Å²) in [7, 11) is 0. The monoisotopic (exact) mass is 423 g/mol. The van der Waals surface area contributed by atoms with Gasteiger partial charge in [0.25, 0.3) is 0 Å². The maximum absolute atomic E-state index is 11.3. The molecule has 0 amide bonds. The first-order valence-electron chi connectivity index (χ1n) is 12.1. The van der Waals surface area contributed by atoms with Gasteiger partial charge in [-0.15, -0.1) is 0 Å². The number of nitrogens with two attached hydrogens (primary N) is 1. The molecule has 4 aliphatic rings. The van der Waals surface area contributed by atoms with Crippen LogP contribution in [0.4, 0.5) is 0 Å². The maximum Gasteiger partial charge on any atom is 0.303 e. The van der Waals surface area contributed by atoms with E-state index in [0.717, 1.165) is 44.9 Å². The second-order valence-corrected chi connectivity index (χ2v) is 11.5. The van der Waals surface area contributed by atoms with Crippen LogP contribution in [0.5, 0.6) is 0 Å². The fourth-order valence-corrected chi connectivity index (χ4v) is 8.86. The van der Waals surface area contributed by atoms with Crippen molar-refractivity contribution >= 4 is 5.97 Å². The van der Waals surface area contributed by atoms with Crippen molar-refractivity contribution < 1.29 is 25.0 Å². The summed E-state index contributed by atoms with van der Waals surface area (Å²) in [5.74, 6) is 7.15. The Morgan fingerprint density at radius 3 is 2.53 bits per heavy atom. The zero-order valence-corrected chi connectivity index (χ0v) is 18.8. The van der Waals surface area contributed by atoms with Crippen molar-refractivity contribution in [1.29, 1.82) is 0 Å². The summed E-state index contributed by atoms with van der Waals surface area (Å²) in [4.78, 5) is 16.8. The van der Waals surface area contributed by atoms with E-state index in [1.807, 2.05) is 0 Å². The SMILES string of the molecule is C[C@H](CCC(=O)O)[C@H]1CC[C@H]2[C@@H]3[C@H](O)C[C@@H]4C[C@H](O)CC[C@]4(C)[C@H]3C[C@H](ON)[C@]12C. The number of carboxylic acid groups (broad SMARTS) is 1. The molecule has 4 aliphatic carbocycles. The van der Waals surface area contributed by atoms with Gasteiger partial charge in [-0.2, -0.15) is 0 Å². The Bertz CT molecular complexity index is 658. The number of rotatable bonds is 5. The molecule has 0 unspecified atom stereocenters. The van der Waals surface area contributed by atoms with E-state index in [0.29, 0.717) is 36.0 Å². The molecule has 0 bridgehead atoms. The Morgan fingerprint density at radius 1 is 1.13 bits per heavy atom. The van der Waals surface area contributed by atoms with Gasteiger partial charge < -0.3 is 20.2 Å². The molecule has 4 saturated carbocycles. The highest BCUT2D eigenvalue weighted by Crippen LogP contribution is 2.68. The van der Waals surface area contributed by atoms with Crippen molar-refractivity contribution in [2.24, 2.45) is 52.2 Å². The van der Waals surface area contributed by atoms with Crippen LogP contribution in [-0.2, 0) is 9.63 Å². The Labute approximate surface area is 180 Å². The molecule has 4 fully saturated rings. The summed E-state index contributed by atoms with van der Waals surface area (Å²) in [5, 5.41) is 30.7. The van der Waals surface area contributed by atoms with E-state index in [-0.39, 0.29) is 41.5 Å². The summed E-state index contributed by atoms with van der Waals surface area (Å²) in [6.45, 7) is 6.86. The quantitative estimate of drug-likeness (QED) is 0.505. The molecular weight excluding hydrogens is 382 g/mol. The highest BCUT2D eigenvalue weighted by Gasteiger charge is 2.66. The molecule has 0 radical (unpaired) electrons. The zero-order chi connectivity index (χ0) is 21.8. The number of carbonyl (C=O) groups is 1. The topological polar surface area (TPSA) is 113 Å².